The first kappa shape index (κ1) is 30.3. The van der Waals surface area contributed by atoms with E-state index in [2.05, 4.69) is 5.32 Å². The third kappa shape index (κ3) is 7.64. The molecule has 1 saturated carbocycles. The van der Waals surface area contributed by atoms with Crippen LogP contribution in [0.25, 0.3) is 0 Å². The fourth-order valence-electron chi connectivity index (χ4n) is 4.81. The van der Waals surface area contributed by atoms with Gasteiger partial charge in [0.15, 0.2) is 0 Å². The number of sulfonamides is 1. The minimum Gasteiger partial charge on any atom is -0.352 e. The van der Waals surface area contributed by atoms with Crippen LogP contribution in [0.1, 0.15) is 62.1 Å². The smallest absolute Gasteiger partial charge is 0.244 e. The zero-order chi connectivity index (χ0) is 28.0. The Morgan fingerprint density at radius 3 is 2.21 bits per heavy atom. The molecule has 1 unspecified atom stereocenters. The molecule has 1 N–H and O–H groups in total. The van der Waals surface area contributed by atoms with Crippen LogP contribution >= 0.6 is 23.2 Å². The molecule has 208 valence electrons. The summed E-state index contributed by atoms with van der Waals surface area (Å²) < 4.78 is 26.7. The molecule has 7 nitrogen and oxygen atoms in total. The summed E-state index contributed by atoms with van der Waals surface area (Å²) in [5.74, 6) is -0.775. The van der Waals surface area contributed by atoms with E-state index >= 15 is 0 Å². The third-order valence-corrected chi connectivity index (χ3v) is 9.03. The van der Waals surface area contributed by atoms with Gasteiger partial charge in [-0.2, -0.15) is 0 Å². The molecule has 1 aliphatic carbocycles. The van der Waals surface area contributed by atoms with Gasteiger partial charge in [0.1, 0.15) is 12.6 Å². The van der Waals surface area contributed by atoms with E-state index in [1.807, 2.05) is 26.8 Å². The van der Waals surface area contributed by atoms with E-state index in [1.165, 1.54) is 4.90 Å². The van der Waals surface area contributed by atoms with Gasteiger partial charge in [-0.15, -0.1) is 0 Å². The summed E-state index contributed by atoms with van der Waals surface area (Å²) in [6, 6.07) is 9.54. The molecule has 1 fully saturated rings. The SMILES string of the molecule is CCC(C(=O)NC1CCCCC1)N(Cc1c(Cl)cccc1Cl)C(=O)CN(c1ccc(C)c(C)c1)S(C)(=O)=O. The van der Waals surface area contributed by atoms with Gasteiger partial charge in [0.2, 0.25) is 21.8 Å². The lowest BCUT2D eigenvalue weighted by Crippen LogP contribution is -2.54. The van der Waals surface area contributed by atoms with Gasteiger partial charge in [-0.1, -0.05) is 61.5 Å². The van der Waals surface area contributed by atoms with Gasteiger partial charge in [0.25, 0.3) is 0 Å². The van der Waals surface area contributed by atoms with Crippen molar-refractivity contribution in [2.75, 3.05) is 17.1 Å². The lowest BCUT2D eigenvalue weighted by Gasteiger charge is -2.34. The van der Waals surface area contributed by atoms with Crippen LogP contribution < -0.4 is 9.62 Å². The number of carbonyl (C=O) groups is 2. The van der Waals surface area contributed by atoms with Gasteiger partial charge in [-0.25, -0.2) is 8.42 Å². The van der Waals surface area contributed by atoms with Crippen LogP contribution in [0.15, 0.2) is 36.4 Å². The molecule has 0 aromatic heterocycles. The second kappa shape index (κ2) is 13.2. The summed E-state index contributed by atoms with van der Waals surface area (Å²) in [5, 5.41) is 3.85. The maximum absolute atomic E-state index is 13.9. The van der Waals surface area contributed by atoms with E-state index in [9.17, 15) is 18.0 Å². The number of halogens is 2. The highest BCUT2D eigenvalue weighted by molar-refractivity contribution is 7.92. The molecule has 0 radical (unpaired) electrons. The third-order valence-electron chi connectivity index (χ3n) is 7.19. The first-order valence-electron chi connectivity index (χ1n) is 13.0. The molecule has 1 atom stereocenters. The maximum atomic E-state index is 13.9. The predicted octanol–water partition coefficient (Wildman–Crippen LogP) is 5.63. The molecular weight excluding hydrogens is 545 g/mol. The van der Waals surface area contributed by atoms with Crippen molar-refractivity contribution in [2.24, 2.45) is 0 Å². The average molecular weight is 583 g/mol. The molecule has 2 amide bonds. The molecular formula is C28H37Cl2N3O4S. The summed E-state index contributed by atoms with van der Waals surface area (Å²) in [6.07, 6.45) is 6.48. The standard InChI is InChI=1S/C28H37Cl2N3O4S/c1-5-26(28(35)31-21-10-7-6-8-11-21)32(17-23-24(29)12-9-13-25(23)30)27(34)18-33(38(4,36)37)22-15-14-19(2)20(3)16-22/h9,12-16,21,26H,5-8,10-11,17-18H2,1-4H3,(H,31,35). The monoisotopic (exact) mass is 581 g/mol. The van der Waals surface area contributed by atoms with Crippen LogP contribution in [-0.2, 0) is 26.2 Å². The van der Waals surface area contributed by atoms with Crippen molar-refractivity contribution in [2.45, 2.75) is 77.9 Å². The van der Waals surface area contributed by atoms with Crippen molar-refractivity contribution in [3.05, 3.63) is 63.1 Å². The van der Waals surface area contributed by atoms with Crippen molar-refractivity contribution in [3.63, 3.8) is 0 Å². The molecule has 0 aliphatic heterocycles. The van der Waals surface area contributed by atoms with Crippen molar-refractivity contribution in [1.82, 2.24) is 10.2 Å². The van der Waals surface area contributed by atoms with Crippen molar-refractivity contribution in [1.29, 1.82) is 0 Å². The zero-order valence-corrected chi connectivity index (χ0v) is 24.8. The van der Waals surface area contributed by atoms with Crippen molar-refractivity contribution >= 4 is 50.7 Å². The highest BCUT2D eigenvalue weighted by atomic mass is 35.5. The zero-order valence-electron chi connectivity index (χ0n) is 22.5. The first-order chi connectivity index (χ1) is 17.9. The average Bonchev–Trinajstić information content (AvgIpc) is 2.85. The van der Waals surface area contributed by atoms with Gasteiger partial charge in [0.05, 0.1) is 11.9 Å². The van der Waals surface area contributed by atoms with E-state index in [4.69, 9.17) is 23.2 Å². The normalized spacial score (nSPS) is 15.1. The number of rotatable bonds is 10. The van der Waals surface area contributed by atoms with Gasteiger partial charge in [0, 0.05) is 28.2 Å². The molecule has 0 heterocycles. The number of carbonyl (C=O) groups excluding carboxylic acids is 2. The number of amides is 2. The Hall–Kier alpha value is -2.29. The molecule has 0 spiro atoms. The largest absolute Gasteiger partial charge is 0.352 e. The predicted molar refractivity (Wildman–Crippen MR) is 154 cm³/mol. The number of anilines is 1. The summed E-state index contributed by atoms with van der Waals surface area (Å²) in [6.45, 7) is 5.16. The van der Waals surface area contributed by atoms with Crippen LogP contribution in [0.2, 0.25) is 10.0 Å². The van der Waals surface area contributed by atoms with Crippen LogP contribution in [0.4, 0.5) is 5.69 Å². The van der Waals surface area contributed by atoms with E-state index in [0.717, 1.165) is 53.8 Å². The fraction of sp³-hybridized carbons (Fsp3) is 0.500. The minimum atomic E-state index is -3.81. The number of nitrogens with one attached hydrogen (secondary N) is 1. The Kier molecular flexibility index (Phi) is 10.5. The lowest BCUT2D eigenvalue weighted by molar-refractivity contribution is -0.140. The van der Waals surface area contributed by atoms with Crippen molar-refractivity contribution < 1.29 is 18.0 Å². The molecule has 10 heteroatoms. The Labute approximate surface area is 236 Å². The van der Waals surface area contributed by atoms with Gasteiger partial charge < -0.3 is 10.2 Å². The summed E-state index contributed by atoms with van der Waals surface area (Å²) in [4.78, 5) is 28.8. The molecule has 2 aromatic carbocycles. The molecule has 0 saturated heterocycles. The topological polar surface area (TPSA) is 86.8 Å². The fourth-order valence-corrected chi connectivity index (χ4v) is 6.17. The van der Waals surface area contributed by atoms with Crippen LogP contribution in [0.5, 0.6) is 0 Å². The summed E-state index contributed by atoms with van der Waals surface area (Å²) >= 11 is 12.9. The van der Waals surface area contributed by atoms with Crippen LogP contribution in [0, 0.1) is 13.8 Å². The van der Waals surface area contributed by atoms with Gasteiger partial charge >= 0.3 is 0 Å². The highest BCUT2D eigenvalue weighted by Crippen LogP contribution is 2.28. The van der Waals surface area contributed by atoms with Crippen LogP contribution in [0.3, 0.4) is 0 Å². The Morgan fingerprint density at radius 2 is 1.66 bits per heavy atom. The quantitative estimate of drug-likeness (QED) is 0.393. The molecule has 38 heavy (non-hydrogen) atoms. The maximum Gasteiger partial charge on any atom is 0.244 e. The number of benzene rings is 2. The van der Waals surface area contributed by atoms with Gasteiger partial charge in [-0.3, -0.25) is 13.9 Å². The number of aryl methyl sites for hydroxylation is 2. The van der Waals surface area contributed by atoms with Crippen molar-refractivity contribution in [3.8, 4) is 0 Å². The lowest BCUT2D eigenvalue weighted by atomic mass is 9.95. The molecule has 2 aromatic rings. The second-order valence-electron chi connectivity index (χ2n) is 10.0. The number of hydrogen-bond acceptors (Lipinski definition) is 4. The minimum absolute atomic E-state index is 0.0293. The summed E-state index contributed by atoms with van der Waals surface area (Å²) in [7, 11) is -3.81. The number of hydrogen-bond donors (Lipinski definition) is 1. The first-order valence-corrected chi connectivity index (χ1v) is 15.6. The van der Waals surface area contributed by atoms with Crippen LogP contribution in [-0.4, -0.2) is 50.0 Å². The second-order valence-corrected chi connectivity index (χ2v) is 12.7. The Balaban J connectivity index is 1.97. The molecule has 3 rings (SSSR count). The van der Waals surface area contributed by atoms with E-state index in [0.29, 0.717) is 27.7 Å². The van der Waals surface area contributed by atoms with Gasteiger partial charge in [-0.05, 0) is 68.5 Å². The van der Waals surface area contributed by atoms with E-state index in [1.54, 1.807) is 30.3 Å². The Morgan fingerprint density at radius 1 is 1.03 bits per heavy atom. The van der Waals surface area contributed by atoms with E-state index < -0.39 is 28.5 Å². The van der Waals surface area contributed by atoms with E-state index in [-0.39, 0.29) is 18.5 Å². The molecule has 1 aliphatic rings. The highest BCUT2D eigenvalue weighted by Gasteiger charge is 2.33. The molecule has 0 bridgehead atoms. The number of nitrogens with zero attached hydrogens (tertiary/aromatic N) is 2. The Bertz CT molecular complexity index is 1240. The summed E-state index contributed by atoms with van der Waals surface area (Å²) in [5.41, 5.74) is 2.81.